The van der Waals surface area contributed by atoms with E-state index in [1.54, 1.807) is 13.8 Å². The van der Waals surface area contributed by atoms with Gasteiger partial charge >= 0.3 is 12.1 Å². The molecule has 0 bridgehead atoms. The van der Waals surface area contributed by atoms with Crippen LogP contribution in [0.4, 0.5) is 0 Å². The molecule has 1 unspecified atom stereocenters. The highest BCUT2D eigenvalue weighted by atomic mass is 16.8. The minimum Gasteiger partial charge on any atom is -0.330 e. The molecule has 0 aromatic carbocycles. The summed E-state index contributed by atoms with van der Waals surface area (Å²) >= 11 is 0. The number of rotatable bonds is 2. The first-order valence-electron chi connectivity index (χ1n) is 3.81. The lowest BCUT2D eigenvalue weighted by atomic mass is 10.3. The van der Waals surface area contributed by atoms with E-state index >= 15 is 0 Å². The summed E-state index contributed by atoms with van der Waals surface area (Å²) in [6, 6.07) is 0. The van der Waals surface area contributed by atoms with Crippen LogP contribution in [0, 0.1) is 0 Å². The van der Waals surface area contributed by atoms with E-state index in [4.69, 9.17) is 9.57 Å². The number of azo groups is 2. The van der Waals surface area contributed by atoms with Gasteiger partial charge in [-0.05, 0) is 0 Å². The number of nitrogens with zero attached hydrogens (tertiary/aromatic N) is 4. The second-order valence-electron chi connectivity index (χ2n) is 2.94. The zero-order valence-electron chi connectivity index (χ0n) is 7.84. The SMILES string of the molecule is C.C.C.C.C.C.CN=NC1N=[N+](C(C)(C)O)OCO1. The molecule has 1 aliphatic rings. The molecule has 0 saturated heterocycles. The Morgan fingerprint density at radius 2 is 1.63 bits per heavy atom. The Morgan fingerprint density at radius 3 is 2.00 bits per heavy atom. The molecule has 7 heteroatoms. The van der Waals surface area contributed by atoms with E-state index in [9.17, 15) is 5.11 Å². The van der Waals surface area contributed by atoms with Crippen LogP contribution in [0.25, 0.3) is 0 Å². The second kappa shape index (κ2) is 15.0. The van der Waals surface area contributed by atoms with E-state index in [0.717, 1.165) is 4.86 Å². The first kappa shape index (κ1) is 36.1. The summed E-state index contributed by atoms with van der Waals surface area (Å²) < 4.78 is 4.94. The number of hydroxylamine groups is 1. The molecule has 1 rings (SSSR count). The van der Waals surface area contributed by atoms with Crippen LogP contribution in [0.5, 0.6) is 0 Å². The highest BCUT2D eigenvalue weighted by molar-refractivity contribution is 4.44. The third kappa shape index (κ3) is 11.7. The van der Waals surface area contributed by atoms with Crippen LogP contribution < -0.4 is 0 Å². The molecule has 0 aromatic heterocycles. The minimum absolute atomic E-state index is 0. The average molecular weight is 285 g/mol. The van der Waals surface area contributed by atoms with Crippen LogP contribution in [0.3, 0.4) is 0 Å². The summed E-state index contributed by atoms with van der Waals surface area (Å²) in [6.45, 7) is 3.08. The topological polar surface area (TPSA) is 78.8 Å². The summed E-state index contributed by atoms with van der Waals surface area (Å²) in [7, 11) is 1.52. The van der Waals surface area contributed by atoms with Gasteiger partial charge in [0.05, 0.1) is 5.11 Å². The molecule has 1 atom stereocenters. The van der Waals surface area contributed by atoms with E-state index in [0.29, 0.717) is 0 Å². The number of hydrogen-bond acceptors (Lipinski definition) is 6. The number of hydrogen-bond donors (Lipinski definition) is 1. The fourth-order valence-electron chi connectivity index (χ4n) is 0.752. The molecule has 0 spiro atoms. The predicted octanol–water partition coefficient (Wildman–Crippen LogP) is 4.28. The normalized spacial score (nSPS) is 16.6. The molecule has 1 N–H and O–H groups in total. The van der Waals surface area contributed by atoms with Crippen molar-refractivity contribution in [1.82, 2.24) is 0 Å². The summed E-state index contributed by atoms with van der Waals surface area (Å²) in [4.78, 5) is 5.96. The quantitative estimate of drug-likeness (QED) is 0.607. The summed E-state index contributed by atoms with van der Waals surface area (Å²) in [5.74, 6) is 0. The number of aliphatic hydroxyl groups is 1. The monoisotopic (exact) mass is 285 g/mol. The Morgan fingerprint density at radius 1 is 1.16 bits per heavy atom. The van der Waals surface area contributed by atoms with Gasteiger partial charge in [0.15, 0.2) is 0 Å². The zero-order chi connectivity index (χ0) is 9.90. The molecule has 19 heavy (non-hydrogen) atoms. The molecular formula is C12H37N4O3+. The molecule has 0 aliphatic carbocycles. The van der Waals surface area contributed by atoms with Gasteiger partial charge in [0.25, 0.3) is 6.79 Å². The average Bonchev–Trinajstić information content (AvgIpc) is 2.04. The largest absolute Gasteiger partial charge is 0.335 e. The molecule has 0 fully saturated rings. The van der Waals surface area contributed by atoms with E-state index in [1.165, 1.54) is 7.05 Å². The Bertz CT molecular complexity index is 238. The van der Waals surface area contributed by atoms with Crippen LogP contribution in [0.15, 0.2) is 15.3 Å². The van der Waals surface area contributed by atoms with Crippen molar-refractivity contribution in [3.05, 3.63) is 0 Å². The summed E-state index contributed by atoms with van der Waals surface area (Å²) in [5, 5.41) is 20.5. The highest BCUT2D eigenvalue weighted by Crippen LogP contribution is 2.12. The van der Waals surface area contributed by atoms with Crippen LogP contribution in [-0.2, 0) is 9.57 Å². The summed E-state index contributed by atoms with van der Waals surface area (Å²) in [6.07, 6.45) is -0.731. The Labute approximate surface area is 120 Å². The van der Waals surface area contributed by atoms with Crippen molar-refractivity contribution in [2.75, 3.05) is 13.8 Å². The Kier molecular flexibility index (Phi) is 28.5. The van der Waals surface area contributed by atoms with Crippen LogP contribution in [0.1, 0.15) is 58.4 Å². The zero-order valence-corrected chi connectivity index (χ0v) is 7.84. The lowest BCUT2D eigenvalue weighted by Gasteiger charge is -2.16. The third-order valence-electron chi connectivity index (χ3n) is 1.28. The van der Waals surface area contributed by atoms with E-state index in [-0.39, 0.29) is 51.4 Å². The highest BCUT2D eigenvalue weighted by Gasteiger charge is 2.37. The van der Waals surface area contributed by atoms with E-state index < -0.39 is 12.1 Å². The van der Waals surface area contributed by atoms with Gasteiger partial charge in [-0.1, -0.05) is 44.6 Å². The van der Waals surface area contributed by atoms with Crippen LogP contribution in [-0.4, -0.2) is 35.9 Å². The van der Waals surface area contributed by atoms with Gasteiger partial charge in [-0.25, -0.2) is 4.84 Å². The van der Waals surface area contributed by atoms with Gasteiger partial charge in [-0.2, -0.15) is 5.11 Å². The number of ether oxygens (including phenoxy) is 1. The fourth-order valence-corrected chi connectivity index (χ4v) is 0.752. The maximum Gasteiger partial charge on any atom is 0.335 e. The molecule has 0 radical (unpaired) electrons. The van der Waals surface area contributed by atoms with E-state index in [1.807, 2.05) is 0 Å². The van der Waals surface area contributed by atoms with Crippen molar-refractivity contribution in [3.63, 3.8) is 0 Å². The molecule has 1 heterocycles. The third-order valence-corrected chi connectivity index (χ3v) is 1.28. The van der Waals surface area contributed by atoms with Crippen LogP contribution >= 0.6 is 0 Å². The molecule has 122 valence electrons. The van der Waals surface area contributed by atoms with Crippen molar-refractivity contribution in [2.45, 2.75) is 70.5 Å². The van der Waals surface area contributed by atoms with Gasteiger partial charge in [0, 0.05) is 20.9 Å². The summed E-state index contributed by atoms with van der Waals surface area (Å²) in [5.41, 5.74) is -1.19. The van der Waals surface area contributed by atoms with Gasteiger partial charge in [-0.15, -0.1) is 5.11 Å². The smallest absolute Gasteiger partial charge is 0.330 e. The molecular weight excluding hydrogens is 248 g/mol. The van der Waals surface area contributed by atoms with Crippen molar-refractivity contribution in [3.8, 4) is 0 Å². The lowest BCUT2D eigenvalue weighted by Crippen LogP contribution is -2.39. The first-order valence-corrected chi connectivity index (χ1v) is 3.81. The van der Waals surface area contributed by atoms with Crippen molar-refractivity contribution in [1.29, 1.82) is 0 Å². The maximum atomic E-state index is 9.51. The Balaban J connectivity index is -0.0000000704. The molecule has 0 saturated carbocycles. The molecule has 1 aliphatic heterocycles. The van der Waals surface area contributed by atoms with E-state index in [2.05, 4.69) is 15.3 Å². The molecule has 7 nitrogen and oxygen atoms in total. The van der Waals surface area contributed by atoms with Crippen molar-refractivity contribution in [2.24, 2.45) is 15.3 Å². The lowest BCUT2D eigenvalue weighted by molar-refractivity contribution is -0.919. The minimum atomic E-state index is -1.19. The fraction of sp³-hybridized carbons (Fsp3) is 1.00. The predicted molar refractivity (Wildman–Crippen MR) is 81.0 cm³/mol. The molecule has 0 aromatic rings. The van der Waals surface area contributed by atoms with Gasteiger partial charge in [0.1, 0.15) is 4.86 Å². The van der Waals surface area contributed by atoms with Crippen LogP contribution in [0.2, 0.25) is 0 Å². The standard InChI is InChI=1S/C6H13N4O3.6CH4/c1-6(2,11)10-9-5(8-7-3)12-4-13-10;;;;;;/h5,11H,4H2,1-3H3;6*1H4/q+1;;;;;;. The Hall–Kier alpha value is -1.08. The maximum absolute atomic E-state index is 9.51. The van der Waals surface area contributed by atoms with Crippen molar-refractivity contribution >= 4 is 0 Å². The first-order chi connectivity index (χ1) is 6.04. The molecule has 0 amide bonds. The second-order valence-corrected chi connectivity index (χ2v) is 2.94. The van der Waals surface area contributed by atoms with Gasteiger partial charge in [-0.3, -0.25) is 4.74 Å². The van der Waals surface area contributed by atoms with Crippen molar-refractivity contribution < 1.29 is 19.5 Å². The van der Waals surface area contributed by atoms with Gasteiger partial charge in [0.2, 0.25) is 0 Å². The van der Waals surface area contributed by atoms with Gasteiger partial charge < -0.3 is 5.11 Å².